The largest absolute Gasteiger partial charge is 0.494 e. The Balaban J connectivity index is 1.14. The number of hydrogen-bond acceptors (Lipinski definition) is 4. The summed E-state index contributed by atoms with van der Waals surface area (Å²) >= 11 is 0. The lowest BCUT2D eigenvalue weighted by molar-refractivity contribution is 0.0946. The van der Waals surface area contributed by atoms with Crippen LogP contribution >= 0.6 is 0 Å². The molecule has 6 heteroatoms. The molecule has 1 aliphatic rings. The third-order valence-corrected chi connectivity index (χ3v) is 5.86. The number of carbonyl (C=O) groups is 2. The van der Waals surface area contributed by atoms with Gasteiger partial charge in [-0.15, -0.1) is 0 Å². The first-order valence-electron chi connectivity index (χ1n) is 11.5. The number of ether oxygens (including phenoxy) is 2. The van der Waals surface area contributed by atoms with Gasteiger partial charge in [-0.1, -0.05) is 30.3 Å². The fourth-order valence-corrected chi connectivity index (χ4v) is 4.08. The number of aryl methyl sites for hydroxylation is 1. The topological polar surface area (TPSA) is 80.4 Å². The lowest BCUT2D eigenvalue weighted by Gasteiger charge is -2.09. The Morgan fingerprint density at radius 3 is 2.42 bits per heavy atom. The standard InChI is InChI=1S/C27H30N2O4/c1-19-25-23(10-7-11-24(25)30)29-26(19)27(31)28-16-5-6-17-32-21-12-14-22(15-13-21)33-18-20-8-3-2-4-9-20/h2-4,8-9,12-15,29H,5-7,10-11,16-18H2,1H3,(H,28,31). The highest BCUT2D eigenvalue weighted by molar-refractivity contribution is 6.04. The van der Waals surface area contributed by atoms with Gasteiger partial charge < -0.3 is 19.8 Å². The van der Waals surface area contributed by atoms with Gasteiger partial charge in [-0.25, -0.2) is 0 Å². The number of hydrogen-bond donors (Lipinski definition) is 2. The summed E-state index contributed by atoms with van der Waals surface area (Å²) in [4.78, 5) is 27.8. The van der Waals surface area contributed by atoms with Crippen molar-refractivity contribution >= 4 is 11.7 Å². The van der Waals surface area contributed by atoms with E-state index < -0.39 is 0 Å². The van der Waals surface area contributed by atoms with E-state index in [0.717, 1.165) is 59.6 Å². The minimum atomic E-state index is -0.151. The number of Topliss-reactive ketones (excluding diaryl/α,β-unsaturated/α-hetero) is 1. The molecule has 0 unspecified atom stereocenters. The molecule has 0 saturated carbocycles. The molecule has 0 saturated heterocycles. The number of ketones is 1. The van der Waals surface area contributed by atoms with Crippen LogP contribution in [0.2, 0.25) is 0 Å². The van der Waals surface area contributed by atoms with Crippen LogP contribution in [0.1, 0.15) is 63.4 Å². The van der Waals surface area contributed by atoms with Crippen molar-refractivity contribution in [3.63, 3.8) is 0 Å². The second-order valence-corrected chi connectivity index (χ2v) is 8.31. The van der Waals surface area contributed by atoms with Crippen molar-refractivity contribution in [3.05, 3.63) is 82.7 Å². The van der Waals surface area contributed by atoms with Gasteiger partial charge in [0.25, 0.3) is 5.91 Å². The molecule has 0 fully saturated rings. The van der Waals surface area contributed by atoms with Gasteiger partial charge in [-0.2, -0.15) is 0 Å². The minimum Gasteiger partial charge on any atom is -0.494 e. The van der Waals surface area contributed by atoms with E-state index in [9.17, 15) is 9.59 Å². The smallest absolute Gasteiger partial charge is 0.268 e. The van der Waals surface area contributed by atoms with Crippen molar-refractivity contribution in [3.8, 4) is 11.5 Å². The van der Waals surface area contributed by atoms with Crippen LogP contribution in [0, 0.1) is 6.92 Å². The number of unbranched alkanes of at least 4 members (excludes halogenated alkanes) is 1. The van der Waals surface area contributed by atoms with Crippen LogP contribution in [0.3, 0.4) is 0 Å². The fraction of sp³-hybridized carbons (Fsp3) is 0.333. The highest BCUT2D eigenvalue weighted by atomic mass is 16.5. The highest BCUT2D eigenvalue weighted by Crippen LogP contribution is 2.26. The molecule has 3 aromatic rings. The Hall–Kier alpha value is -3.54. The Labute approximate surface area is 194 Å². The van der Waals surface area contributed by atoms with Crippen molar-refractivity contribution in [1.82, 2.24) is 10.3 Å². The number of amides is 1. The maximum Gasteiger partial charge on any atom is 0.268 e. The van der Waals surface area contributed by atoms with E-state index in [1.807, 2.05) is 61.5 Å². The predicted octanol–water partition coefficient (Wildman–Crippen LogP) is 5.01. The lowest BCUT2D eigenvalue weighted by Crippen LogP contribution is -2.25. The maximum atomic E-state index is 12.5. The monoisotopic (exact) mass is 446 g/mol. The van der Waals surface area contributed by atoms with E-state index in [0.29, 0.717) is 31.9 Å². The molecule has 0 aliphatic heterocycles. The van der Waals surface area contributed by atoms with Gasteiger partial charge in [0.15, 0.2) is 5.78 Å². The number of benzene rings is 2. The average Bonchev–Trinajstić information content (AvgIpc) is 3.19. The van der Waals surface area contributed by atoms with Crippen molar-refractivity contribution < 1.29 is 19.1 Å². The molecule has 1 aromatic heterocycles. The first-order valence-corrected chi connectivity index (χ1v) is 11.5. The quantitative estimate of drug-likeness (QED) is 0.429. The van der Waals surface area contributed by atoms with Crippen LogP contribution in [0.5, 0.6) is 11.5 Å². The van der Waals surface area contributed by atoms with Gasteiger partial charge >= 0.3 is 0 Å². The molecule has 1 heterocycles. The molecule has 0 atom stereocenters. The normalized spacial score (nSPS) is 12.8. The first-order chi connectivity index (χ1) is 16.1. The highest BCUT2D eigenvalue weighted by Gasteiger charge is 2.26. The van der Waals surface area contributed by atoms with Gasteiger partial charge in [-0.3, -0.25) is 9.59 Å². The van der Waals surface area contributed by atoms with E-state index in [4.69, 9.17) is 9.47 Å². The Bertz CT molecular complexity index is 1090. The lowest BCUT2D eigenvalue weighted by atomic mass is 9.94. The molecule has 1 amide bonds. The van der Waals surface area contributed by atoms with Gasteiger partial charge in [-0.05, 0) is 68.0 Å². The van der Waals surface area contributed by atoms with Crippen LogP contribution in [0.25, 0.3) is 0 Å². The van der Waals surface area contributed by atoms with Crippen molar-refractivity contribution in [1.29, 1.82) is 0 Å². The second-order valence-electron chi connectivity index (χ2n) is 8.31. The summed E-state index contributed by atoms with van der Waals surface area (Å²) in [7, 11) is 0. The van der Waals surface area contributed by atoms with E-state index in [1.165, 1.54) is 0 Å². The minimum absolute atomic E-state index is 0.136. The average molecular weight is 447 g/mol. The molecular formula is C27H30N2O4. The van der Waals surface area contributed by atoms with E-state index >= 15 is 0 Å². The predicted molar refractivity (Wildman–Crippen MR) is 127 cm³/mol. The number of fused-ring (bicyclic) bond motifs is 1. The molecule has 0 radical (unpaired) electrons. The third kappa shape index (κ3) is 5.83. The first kappa shape index (κ1) is 22.6. The Kier molecular flexibility index (Phi) is 7.45. The summed E-state index contributed by atoms with van der Waals surface area (Å²) in [5.41, 5.74) is 4.03. The fourth-order valence-electron chi connectivity index (χ4n) is 4.08. The number of aromatic nitrogens is 1. The SMILES string of the molecule is Cc1c(C(=O)NCCCCOc2ccc(OCc3ccccc3)cc2)[nH]c2c1C(=O)CCC2. The van der Waals surface area contributed by atoms with Gasteiger partial charge in [0, 0.05) is 24.2 Å². The number of H-pyrrole nitrogens is 1. The summed E-state index contributed by atoms with van der Waals surface area (Å²) in [6.45, 7) is 3.52. The molecule has 1 aliphatic carbocycles. The van der Waals surface area contributed by atoms with Crippen molar-refractivity contribution in [2.24, 2.45) is 0 Å². The summed E-state index contributed by atoms with van der Waals surface area (Å²) in [5.74, 6) is 1.58. The van der Waals surface area contributed by atoms with E-state index in [1.54, 1.807) is 0 Å². The second kappa shape index (κ2) is 10.9. The zero-order valence-corrected chi connectivity index (χ0v) is 19.0. The van der Waals surface area contributed by atoms with Gasteiger partial charge in [0.05, 0.1) is 6.61 Å². The number of nitrogens with one attached hydrogen (secondary N) is 2. The zero-order chi connectivity index (χ0) is 23.0. The van der Waals surface area contributed by atoms with Gasteiger partial charge in [0.1, 0.15) is 23.8 Å². The van der Waals surface area contributed by atoms with E-state index in [-0.39, 0.29) is 11.7 Å². The molecule has 2 aromatic carbocycles. The van der Waals surface area contributed by atoms with Crippen molar-refractivity contribution in [2.45, 2.75) is 45.6 Å². The number of carbonyl (C=O) groups excluding carboxylic acids is 2. The molecule has 33 heavy (non-hydrogen) atoms. The van der Waals surface area contributed by atoms with Crippen LogP contribution in [-0.4, -0.2) is 29.8 Å². The maximum absolute atomic E-state index is 12.5. The van der Waals surface area contributed by atoms with Gasteiger partial charge in [0.2, 0.25) is 0 Å². The Morgan fingerprint density at radius 1 is 0.970 bits per heavy atom. The summed E-state index contributed by atoms with van der Waals surface area (Å²) in [6.07, 6.45) is 3.87. The molecule has 2 N–H and O–H groups in total. The van der Waals surface area contributed by atoms with Crippen LogP contribution in [0.15, 0.2) is 54.6 Å². The molecule has 0 spiro atoms. The molecule has 4 rings (SSSR count). The summed E-state index contributed by atoms with van der Waals surface area (Å²) in [5, 5.41) is 2.94. The summed E-state index contributed by atoms with van der Waals surface area (Å²) < 4.78 is 11.6. The van der Waals surface area contributed by atoms with Crippen molar-refractivity contribution in [2.75, 3.05) is 13.2 Å². The molecule has 6 nitrogen and oxygen atoms in total. The number of aromatic amines is 1. The Morgan fingerprint density at radius 2 is 1.70 bits per heavy atom. The molecular weight excluding hydrogens is 416 g/mol. The third-order valence-electron chi connectivity index (χ3n) is 5.86. The summed E-state index contributed by atoms with van der Waals surface area (Å²) in [6, 6.07) is 17.7. The van der Waals surface area contributed by atoms with Crippen LogP contribution < -0.4 is 14.8 Å². The van der Waals surface area contributed by atoms with Crippen LogP contribution in [-0.2, 0) is 13.0 Å². The zero-order valence-electron chi connectivity index (χ0n) is 19.0. The molecule has 172 valence electrons. The van der Waals surface area contributed by atoms with E-state index in [2.05, 4.69) is 10.3 Å². The molecule has 0 bridgehead atoms. The van der Waals surface area contributed by atoms with Crippen LogP contribution in [0.4, 0.5) is 0 Å². The number of rotatable bonds is 10.